The number of hydrogen-bond donors (Lipinski definition) is 2. The van der Waals surface area contributed by atoms with Crippen molar-refractivity contribution in [3.8, 4) is 0 Å². The van der Waals surface area contributed by atoms with Crippen LogP contribution in [-0.4, -0.2) is 28.2 Å². The van der Waals surface area contributed by atoms with Crippen molar-refractivity contribution >= 4 is 5.78 Å². The van der Waals surface area contributed by atoms with Gasteiger partial charge >= 0.3 is 0 Å². The first kappa shape index (κ1) is 15.1. The number of aliphatic hydroxyl groups excluding tert-OH is 1. The highest BCUT2D eigenvalue weighted by atomic mass is 16.3. The van der Waals surface area contributed by atoms with Crippen LogP contribution in [0.1, 0.15) is 39.5 Å². The van der Waals surface area contributed by atoms with Crippen LogP contribution in [0.25, 0.3) is 0 Å². The average molecular weight is 326 g/mol. The molecule has 0 aromatic carbocycles. The minimum atomic E-state index is -0.933. The molecular formula is C21H26O3. The van der Waals surface area contributed by atoms with Crippen LogP contribution in [0.4, 0.5) is 0 Å². The maximum atomic E-state index is 11.8. The van der Waals surface area contributed by atoms with Crippen molar-refractivity contribution in [2.45, 2.75) is 45.1 Å². The van der Waals surface area contributed by atoms with Gasteiger partial charge in [0.2, 0.25) is 0 Å². The van der Waals surface area contributed by atoms with Crippen LogP contribution in [0.15, 0.2) is 35.5 Å². The zero-order chi connectivity index (χ0) is 16.9. The smallest absolute Gasteiger partial charge is 0.156 e. The Labute approximate surface area is 143 Å². The molecule has 0 aromatic heterocycles. The molecule has 2 N–H and O–H groups in total. The summed E-state index contributed by atoms with van der Waals surface area (Å²) in [6.07, 6.45) is 12.0. The first-order valence-electron chi connectivity index (χ1n) is 9.32. The van der Waals surface area contributed by atoms with Gasteiger partial charge in [-0.1, -0.05) is 37.6 Å². The van der Waals surface area contributed by atoms with Crippen molar-refractivity contribution < 1.29 is 15.0 Å². The van der Waals surface area contributed by atoms with Gasteiger partial charge in [-0.25, -0.2) is 0 Å². The van der Waals surface area contributed by atoms with Gasteiger partial charge in [-0.2, -0.15) is 0 Å². The number of fused-ring (bicyclic) bond motifs is 7. The second kappa shape index (κ2) is 4.31. The van der Waals surface area contributed by atoms with E-state index in [0.717, 1.165) is 24.8 Å². The molecule has 0 saturated heterocycles. The average Bonchev–Trinajstić information content (AvgIpc) is 3.31. The van der Waals surface area contributed by atoms with Gasteiger partial charge in [0.05, 0.1) is 12.2 Å². The highest BCUT2D eigenvalue weighted by molar-refractivity contribution is 5.92. The molecule has 0 amide bonds. The summed E-state index contributed by atoms with van der Waals surface area (Å²) < 4.78 is 0. The summed E-state index contributed by atoms with van der Waals surface area (Å²) in [5, 5.41) is 21.2. The number of hydrogen-bond acceptors (Lipinski definition) is 3. The van der Waals surface area contributed by atoms with Crippen molar-refractivity contribution in [2.75, 3.05) is 6.61 Å². The van der Waals surface area contributed by atoms with Crippen LogP contribution in [0.2, 0.25) is 0 Å². The van der Waals surface area contributed by atoms with Gasteiger partial charge in [0.25, 0.3) is 0 Å². The van der Waals surface area contributed by atoms with Crippen LogP contribution in [0.5, 0.6) is 0 Å². The maximum Gasteiger partial charge on any atom is 0.156 e. The Bertz CT molecular complexity index is 731. The summed E-state index contributed by atoms with van der Waals surface area (Å²) in [5.74, 6) is 1.78. The molecule has 5 aliphatic rings. The number of ketones is 1. The third-order valence-electron chi connectivity index (χ3n) is 8.32. The third kappa shape index (κ3) is 1.50. The van der Waals surface area contributed by atoms with E-state index < -0.39 is 5.60 Å². The molecule has 0 aromatic rings. The molecule has 3 heteroatoms. The maximum absolute atomic E-state index is 11.8. The molecule has 0 radical (unpaired) electrons. The van der Waals surface area contributed by atoms with Crippen molar-refractivity contribution in [1.82, 2.24) is 0 Å². The topological polar surface area (TPSA) is 57.5 Å². The van der Waals surface area contributed by atoms with Gasteiger partial charge in [-0.05, 0) is 48.7 Å². The van der Waals surface area contributed by atoms with E-state index in [9.17, 15) is 15.0 Å². The van der Waals surface area contributed by atoms with Gasteiger partial charge in [0.15, 0.2) is 5.78 Å². The van der Waals surface area contributed by atoms with E-state index in [0.29, 0.717) is 24.2 Å². The monoisotopic (exact) mass is 326 g/mol. The molecule has 2 unspecified atom stereocenters. The first-order valence-corrected chi connectivity index (χ1v) is 9.32. The lowest BCUT2D eigenvalue weighted by Crippen LogP contribution is -2.54. The second-order valence-electron chi connectivity index (χ2n) is 9.18. The molecule has 5 aliphatic carbocycles. The molecule has 3 nitrogen and oxygen atoms in total. The van der Waals surface area contributed by atoms with Crippen LogP contribution < -0.4 is 0 Å². The van der Waals surface area contributed by atoms with Crippen LogP contribution in [-0.2, 0) is 4.79 Å². The molecule has 2 saturated carbocycles. The zero-order valence-corrected chi connectivity index (χ0v) is 14.5. The van der Waals surface area contributed by atoms with Crippen molar-refractivity contribution in [3.63, 3.8) is 0 Å². The van der Waals surface area contributed by atoms with E-state index in [1.165, 1.54) is 5.57 Å². The van der Waals surface area contributed by atoms with E-state index in [-0.39, 0.29) is 29.1 Å². The quantitative estimate of drug-likeness (QED) is 0.729. The molecule has 0 spiro atoms. The molecule has 0 aliphatic heterocycles. The molecule has 0 heterocycles. The number of carbonyl (C=O) groups excluding carboxylic acids is 1. The van der Waals surface area contributed by atoms with Crippen LogP contribution in [0.3, 0.4) is 0 Å². The number of allylic oxidation sites excluding steroid dienone is 6. The van der Waals surface area contributed by atoms with Crippen LogP contribution in [0, 0.1) is 34.5 Å². The number of carbonyl (C=O) groups is 1. The van der Waals surface area contributed by atoms with E-state index in [2.05, 4.69) is 32.1 Å². The van der Waals surface area contributed by atoms with E-state index in [4.69, 9.17) is 0 Å². The molecule has 5 rings (SSSR count). The highest BCUT2D eigenvalue weighted by Crippen LogP contribution is 2.74. The fraction of sp³-hybridized carbons (Fsp3) is 0.667. The largest absolute Gasteiger partial charge is 0.393 e. The summed E-state index contributed by atoms with van der Waals surface area (Å²) in [6.45, 7) is 4.34. The molecule has 24 heavy (non-hydrogen) atoms. The van der Waals surface area contributed by atoms with E-state index >= 15 is 0 Å². The minimum Gasteiger partial charge on any atom is -0.393 e. The predicted octanol–water partition coefficient (Wildman–Crippen LogP) is 2.79. The molecule has 0 bridgehead atoms. The Balaban J connectivity index is 1.64. The van der Waals surface area contributed by atoms with E-state index in [1.54, 1.807) is 0 Å². The highest BCUT2D eigenvalue weighted by Gasteiger charge is 2.74. The number of rotatable bonds is 1. The van der Waals surface area contributed by atoms with Crippen LogP contribution >= 0.6 is 0 Å². The fourth-order valence-electron chi connectivity index (χ4n) is 6.76. The summed E-state index contributed by atoms with van der Waals surface area (Å²) >= 11 is 0. The van der Waals surface area contributed by atoms with Crippen molar-refractivity contribution in [2.24, 2.45) is 34.5 Å². The molecule has 7 atom stereocenters. The molecular weight excluding hydrogens is 300 g/mol. The fourth-order valence-corrected chi connectivity index (χ4v) is 6.76. The van der Waals surface area contributed by atoms with E-state index in [1.807, 2.05) is 6.08 Å². The first-order chi connectivity index (χ1) is 11.3. The Morgan fingerprint density at radius 1 is 1.33 bits per heavy atom. The lowest BCUT2D eigenvalue weighted by molar-refractivity contribution is -0.129. The predicted molar refractivity (Wildman–Crippen MR) is 91.0 cm³/mol. The Morgan fingerprint density at radius 3 is 2.88 bits per heavy atom. The Morgan fingerprint density at radius 2 is 2.12 bits per heavy atom. The lowest BCUT2D eigenvalue weighted by Gasteiger charge is -2.54. The summed E-state index contributed by atoms with van der Waals surface area (Å²) in [5.41, 5.74) is 1.42. The molecule has 128 valence electrons. The van der Waals surface area contributed by atoms with Crippen molar-refractivity contribution in [1.29, 1.82) is 0 Å². The van der Waals surface area contributed by atoms with Gasteiger partial charge in [0.1, 0.15) is 0 Å². The summed E-state index contributed by atoms with van der Waals surface area (Å²) in [4.78, 5) is 11.8. The van der Waals surface area contributed by atoms with Gasteiger partial charge in [-0.15, -0.1) is 0 Å². The standard InChI is InChI=1S/C21H26O3/c1-19-7-5-13(23)9-12(19)3-4-14-16(19)6-8-20(2)18(14)15-10-17(15)21(20,24)11-22/h3-4,6,9,14-15,17-18,22,24H,5,7-8,10-11H2,1-2H3/t14?,15-,17+,18?,19+,20+,21+/m1/s1. The molecule has 2 fully saturated rings. The summed E-state index contributed by atoms with van der Waals surface area (Å²) in [6, 6.07) is 0. The third-order valence-corrected chi connectivity index (χ3v) is 8.32. The Kier molecular flexibility index (Phi) is 2.71. The zero-order valence-electron chi connectivity index (χ0n) is 14.5. The van der Waals surface area contributed by atoms with Gasteiger partial charge < -0.3 is 10.2 Å². The minimum absolute atomic E-state index is 0.0288. The van der Waals surface area contributed by atoms with Gasteiger partial charge in [0, 0.05) is 23.2 Å². The lowest BCUT2D eigenvalue weighted by atomic mass is 9.51. The normalized spacial score (nSPS) is 54.2. The summed E-state index contributed by atoms with van der Waals surface area (Å²) in [7, 11) is 0. The number of aliphatic hydroxyl groups is 2. The SMILES string of the molecule is C[C@]12CCC(=O)C=C1C=CC1C2=CC[C@@]2(C)C1[C@@H]1C[C@@H]1[C@@]2(O)CO. The van der Waals surface area contributed by atoms with Crippen molar-refractivity contribution in [3.05, 3.63) is 35.5 Å². The Hall–Kier alpha value is -1.19. The second-order valence-corrected chi connectivity index (χ2v) is 9.18. The van der Waals surface area contributed by atoms with Gasteiger partial charge in [-0.3, -0.25) is 4.79 Å².